The Morgan fingerprint density at radius 2 is 2.17 bits per heavy atom. The SMILES string of the molecule is COc1ccccc1CNC(=O)C(C)N1CCCC(C(=O)O)C1. The highest BCUT2D eigenvalue weighted by Gasteiger charge is 2.30. The number of carbonyl (C=O) groups excluding carboxylic acids is 1. The van der Waals surface area contributed by atoms with Crippen molar-refractivity contribution in [1.29, 1.82) is 0 Å². The van der Waals surface area contributed by atoms with Crippen LogP contribution in [0.3, 0.4) is 0 Å². The summed E-state index contributed by atoms with van der Waals surface area (Å²) in [5, 5.41) is 12.1. The molecule has 1 aliphatic heterocycles. The molecule has 6 nitrogen and oxygen atoms in total. The number of benzene rings is 1. The number of amides is 1. The maximum Gasteiger partial charge on any atom is 0.307 e. The Balaban J connectivity index is 1.91. The minimum Gasteiger partial charge on any atom is -0.496 e. The van der Waals surface area contributed by atoms with Crippen LogP contribution in [0.5, 0.6) is 5.75 Å². The molecule has 1 aromatic carbocycles. The van der Waals surface area contributed by atoms with Gasteiger partial charge in [-0.1, -0.05) is 18.2 Å². The van der Waals surface area contributed by atoms with Gasteiger partial charge in [0.25, 0.3) is 0 Å². The van der Waals surface area contributed by atoms with Crippen LogP contribution in [-0.4, -0.2) is 48.1 Å². The van der Waals surface area contributed by atoms with Gasteiger partial charge in [0.15, 0.2) is 0 Å². The number of nitrogens with one attached hydrogen (secondary N) is 1. The van der Waals surface area contributed by atoms with Gasteiger partial charge in [0.1, 0.15) is 5.75 Å². The zero-order valence-corrected chi connectivity index (χ0v) is 13.6. The monoisotopic (exact) mass is 320 g/mol. The van der Waals surface area contributed by atoms with Gasteiger partial charge in [0.2, 0.25) is 5.91 Å². The van der Waals surface area contributed by atoms with Crippen LogP contribution in [0.1, 0.15) is 25.3 Å². The molecule has 0 spiro atoms. The number of methoxy groups -OCH3 is 1. The third kappa shape index (κ3) is 4.45. The van der Waals surface area contributed by atoms with Gasteiger partial charge in [0.05, 0.1) is 19.1 Å². The average Bonchev–Trinajstić information content (AvgIpc) is 2.59. The van der Waals surface area contributed by atoms with Crippen molar-refractivity contribution in [3.8, 4) is 5.75 Å². The zero-order chi connectivity index (χ0) is 16.8. The Labute approximate surface area is 136 Å². The van der Waals surface area contributed by atoms with Gasteiger partial charge in [-0.25, -0.2) is 0 Å². The highest BCUT2D eigenvalue weighted by atomic mass is 16.5. The summed E-state index contributed by atoms with van der Waals surface area (Å²) in [6.07, 6.45) is 1.49. The second kappa shape index (κ2) is 7.97. The van der Waals surface area contributed by atoms with Crippen molar-refractivity contribution < 1.29 is 19.4 Å². The van der Waals surface area contributed by atoms with Crippen molar-refractivity contribution in [2.24, 2.45) is 5.92 Å². The fourth-order valence-corrected chi connectivity index (χ4v) is 2.90. The molecule has 2 atom stereocenters. The van der Waals surface area contributed by atoms with Crippen LogP contribution in [0, 0.1) is 5.92 Å². The van der Waals surface area contributed by atoms with E-state index < -0.39 is 5.97 Å². The first-order chi connectivity index (χ1) is 11.0. The van der Waals surface area contributed by atoms with Gasteiger partial charge >= 0.3 is 5.97 Å². The van der Waals surface area contributed by atoms with E-state index in [0.717, 1.165) is 24.3 Å². The molecule has 0 bridgehead atoms. The van der Waals surface area contributed by atoms with Gasteiger partial charge in [-0.15, -0.1) is 0 Å². The quantitative estimate of drug-likeness (QED) is 0.830. The molecule has 1 saturated heterocycles. The lowest BCUT2D eigenvalue weighted by Gasteiger charge is -2.34. The van der Waals surface area contributed by atoms with Crippen molar-refractivity contribution in [2.45, 2.75) is 32.4 Å². The van der Waals surface area contributed by atoms with Gasteiger partial charge in [-0.3, -0.25) is 14.5 Å². The van der Waals surface area contributed by atoms with Crippen molar-refractivity contribution in [2.75, 3.05) is 20.2 Å². The summed E-state index contributed by atoms with van der Waals surface area (Å²) < 4.78 is 5.27. The van der Waals surface area contributed by atoms with Crippen LogP contribution in [0.25, 0.3) is 0 Å². The Bertz CT molecular complexity index is 561. The molecule has 0 aromatic heterocycles. The molecule has 1 fully saturated rings. The molecule has 2 unspecified atom stereocenters. The summed E-state index contributed by atoms with van der Waals surface area (Å²) in [5.41, 5.74) is 0.914. The van der Waals surface area contributed by atoms with Crippen LogP contribution < -0.4 is 10.1 Å². The van der Waals surface area contributed by atoms with E-state index in [9.17, 15) is 9.59 Å². The summed E-state index contributed by atoms with van der Waals surface area (Å²) in [5.74, 6) is -0.518. The topological polar surface area (TPSA) is 78.9 Å². The Morgan fingerprint density at radius 1 is 1.43 bits per heavy atom. The predicted molar refractivity (Wildman–Crippen MR) is 86.2 cm³/mol. The molecule has 1 amide bonds. The number of aliphatic carboxylic acids is 1. The number of hydrogen-bond acceptors (Lipinski definition) is 4. The average molecular weight is 320 g/mol. The van der Waals surface area contributed by atoms with Crippen LogP contribution in [0.4, 0.5) is 0 Å². The van der Waals surface area contributed by atoms with Crippen molar-refractivity contribution in [1.82, 2.24) is 10.2 Å². The minimum absolute atomic E-state index is 0.0954. The van der Waals surface area contributed by atoms with E-state index in [2.05, 4.69) is 5.32 Å². The van der Waals surface area contributed by atoms with E-state index >= 15 is 0 Å². The molecular weight excluding hydrogens is 296 g/mol. The molecule has 0 radical (unpaired) electrons. The number of hydrogen-bond donors (Lipinski definition) is 2. The molecule has 23 heavy (non-hydrogen) atoms. The van der Waals surface area contributed by atoms with Crippen molar-refractivity contribution in [3.05, 3.63) is 29.8 Å². The Kier molecular flexibility index (Phi) is 5.98. The summed E-state index contributed by atoms with van der Waals surface area (Å²) in [7, 11) is 1.60. The molecule has 6 heteroatoms. The molecule has 2 N–H and O–H groups in total. The van der Waals surface area contributed by atoms with Crippen LogP contribution in [0.2, 0.25) is 0 Å². The second-order valence-electron chi connectivity index (χ2n) is 5.88. The lowest BCUT2D eigenvalue weighted by atomic mass is 9.97. The number of piperidine rings is 1. The molecule has 0 saturated carbocycles. The van der Waals surface area contributed by atoms with Gasteiger partial charge < -0.3 is 15.2 Å². The lowest BCUT2D eigenvalue weighted by molar-refractivity contribution is -0.145. The maximum absolute atomic E-state index is 12.4. The summed E-state index contributed by atoms with van der Waals surface area (Å²) in [4.78, 5) is 25.4. The first-order valence-corrected chi connectivity index (χ1v) is 7.89. The van der Waals surface area contributed by atoms with Gasteiger partial charge in [-0.05, 0) is 32.4 Å². The van der Waals surface area contributed by atoms with E-state index in [0.29, 0.717) is 19.5 Å². The third-order valence-corrected chi connectivity index (χ3v) is 4.37. The van der Waals surface area contributed by atoms with E-state index in [4.69, 9.17) is 9.84 Å². The normalized spacial score (nSPS) is 19.8. The standard InChI is InChI=1S/C17H24N2O4/c1-12(19-9-5-7-14(11-19)17(21)22)16(20)18-10-13-6-3-4-8-15(13)23-2/h3-4,6,8,12,14H,5,7,9-11H2,1-2H3,(H,18,20)(H,21,22). The maximum atomic E-state index is 12.4. The molecule has 0 aliphatic carbocycles. The molecule has 126 valence electrons. The smallest absolute Gasteiger partial charge is 0.307 e. The summed E-state index contributed by atoms with van der Waals surface area (Å²) >= 11 is 0. The fourth-order valence-electron chi connectivity index (χ4n) is 2.90. The van der Waals surface area contributed by atoms with Crippen LogP contribution in [-0.2, 0) is 16.1 Å². The molecule has 1 aromatic rings. The molecule has 1 heterocycles. The second-order valence-corrected chi connectivity index (χ2v) is 5.88. The van der Waals surface area contributed by atoms with E-state index in [1.807, 2.05) is 36.1 Å². The number of rotatable bonds is 6. The Morgan fingerprint density at radius 3 is 2.87 bits per heavy atom. The molecule has 2 rings (SSSR count). The lowest BCUT2D eigenvalue weighted by Crippen LogP contribution is -2.50. The number of carboxylic acid groups (broad SMARTS) is 1. The van der Waals surface area contributed by atoms with Crippen molar-refractivity contribution in [3.63, 3.8) is 0 Å². The number of para-hydroxylation sites is 1. The number of carbonyl (C=O) groups is 2. The third-order valence-electron chi connectivity index (χ3n) is 4.37. The zero-order valence-electron chi connectivity index (χ0n) is 13.6. The molecule has 1 aliphatic rings. The van der Waals surface area contributed by atoms with Gasteiger partial charge in [0, 0.05) is 18.7 Å². The largest absolute Gasteiger partial charge is 0.496 e. The highest BCUT2D eigenvalue weighted by molar-refractivity contribution is 5.81. The predicted octanol–water partition coefficient (Wildman–Crippen LogP) is 1.50. The van der Waals surface area contributed by atoms with Crippen LogP contribution in [0.15, 0.2) is 24.3 Å². The number of likely N-dealkylation sites (tertiary alicyclic amines) is 1. The summed E-state index contributed by atoms with van der Waals surface area (Å²) in [6, 6.07) is 7.20. The van der Waals surface area contributed by atoms with Crippen LogP contribution >= 0.6 is 0 Å². The summed E-state index contributed by atoms with van der Waals surface area (Å²) in [6.45, 7) is 3.40. The van der Waals surface area contributed by atoms with E-state index in [1.54, 1.807) is 7.11 Å². The highest BCUT2D eigenvalue weighted by Crippen LogP contribution is 2.19. The first-order valence-electron chi connectivity index (χ1n) is 7.89. The fraction of sp³-hybridized carbons (Fsp3) is 0.529. The number of nitrogens with zero attached hydrogens (tertiary/aromatic N) is 1. The van der Waals surface area contributed by atoms with Gasteiger partial charge in [-0.2, -0.15) is 0 Å². The Hall–Kier alpha value is -2.08. The number of carboxylic acids is 1. The number of ether oxygens (including phenoxy) is 1. The van der Waals surface area contributed by atoms with E-state index in [-0.39, 0.29) is 17.9 Å². The molecular formula is C17H24N2O4. The first kappa shape index (κ1) is 17.3. The van der Waals surface area contributed by atoms with Crippen molar-refractivity contribution >= 4 is 11.9 Å². The minimum atomic E-state index is -0.781. The van der Waals surface area contributed by atoms with E-state index in [1.165, 1.54) is 0 Å².